The number of halogens is 1. The van der Waals surface area contributed by atoms with Gasteiger partial charge in [-0.25, -0.2) is 4.39 Å². The van der Waals surface area contributed by atoms with Gasteiger partial charge in [-0.3, -0.25) is 19.6 Å². The fourth-order valence-corrected chi connectivity index (χ4v) is 3.77. The molecule has 0 aliphatic rings. The van der Waals surface area contributed by atoms with Gasteiger partial charge in [0.1, 0.15) is 11.5 Å². The maximum atomic E-state index is 14.8. The van der Waals surface area contributed by atoms with Gasteiger partial charge in [-0.2, -0.15) is 15.5 Å². The lowest BCUT2D eigenvalue weighted by atomic mass is 10.0. The van der Waals surface area contributed by atoms with Crippen LogP contribution < -0.4 is 0 Å². The summed E-state index contributed by atoms with van der Waals surface area (Å²) in [6.45, 7) is 0.484. The lowest BCUT2D eigenvalue weighted by molar-refractivity contribution is 0.0989. The number of fused-ring (bicyclic) bond motifs is 1. The first kappa shape index (κ1) is 20.3. The van der Waals surface area contributed by atoms with E-state index in [1.165, 1.54) is 6.07 Å². The molecular weight excluding hydrogens is 419 g/mol. The topological polar surface area (TPSA) is 100 Å². The van der Waals surface area contributed by atoms with Gasteiger partial charge in [-0.05, 0) is 41.5 Å². The summed E-state index contributed by atoms with van der Waals surface area (Å²) in [5.41, 5.74) is 4.04. The predicted molar refractivity (Wildman–Crippen MR) is 120 cm³/mol. The van der Waals surface area contributed by atoms with Crippen molar-refractivity contribution in [2.75, 3.05) is 0 Å². The molecule has 1 N–H and O–H groups in total. The smallest absolute Gasteiger partial charge is 0.188 e. The number of carbonyl (C=O) groups excluding carboxylic acids is 1. The molecule has 2 aromatic carbocycles. The molecule has 0 spiro atoms. The second kappa shape index (κ2) is 8.48. The second-order valence-corrected chi connectivity index (χ2v) is 7.65. The summed E-state index contributed by atoms with van der Waals surface area (Å²) in [4.78, 5) is 16.9. The van der Waals surface area contributed by atoms with Crippen LogP contribution >= 0.6 is 0 Å². The molecule has 0 fully saturated rings. The Bertz CT molecular complexity index is 1510. The van der Waals surface area contributed by atoms with E-state index in [0.717, 1.165) is 11.1 Å². The molecule has 7 nitrogen and oxygen atoms in total. The van der Waals surface area contributed by atoms with Gasteiger partial charge < -0.3 is 0 Å². The Morgan fingerprint density at radius 3 is 2.85 bits per heavy atom. The van der Waals surface area contributed by atoms with Crippen molar-refractivity contribution in [2.24, 2.45) is 0 Å². The van der Waals surface area contributed by atoms with Crippen LogP contribution in [0.25, 0.3) is 22.0 Å². The third-order valence-electron chi connectivity index (χ3n) is 5.34. The Hall–Kier alpha value is -4.64. The third-order valence-corrected chi connectivity index (χ3v) is 5.34. The van der Waals surface area contributed by atoms with Crippen LogP contribution in [0.2, 0.25) is 0 Å². The highest BCUT2D eigenvalue weighted by molar-refractivity contribution is 6.07. The van der Waals surface area contributed by atoms with Crippen LogP contribution in [-0.2, 0) is 13.0 Å². The maximum Gasteiger partial charge on any atom is 0.188 e. The zero-order chi connectivity index (χ0) is 22.8. The van der Waals surface area contributed by atoms with Crippen LogP contribution in [0, 0.1) is 17.1 Å². The average molecular weight is 436 g/mol. The van der Waals surface area contributed by atoms with Gasteiger partial charge >= 0.3 is 0 Å². The van der Waals surface area contributed by atoms with E-state index in [0.29, 0.717) is 34.1 Å². The maximum absolute atomic E-state index is 14.8. The van der Waals surface area contributed by atoms with E-state index >= 15 is 0 Å². The average Bonchev–Trinajstić information content (AvgIpc) is 3.45. The summed E-state index contributed by atoms with van der Waals surface area (Å²) in [6.07, 6.45) is 6.71. The van der Waals surface area contributed by atoms with E-state index in [2.05, 4.69) is 26.3 Å². The number of hydrogen-bond acceptors (Lipinski definition) is 5. The van der Waals surface area contributed by atoms with Gasteiger partial charge in [-0.15, -0.1) is 0 Å². The van der Waals surface area contributed by atoms with E-state index in [4.69, 9.17) is 5.26 Å². The van der Waals surface area contributed by atoms with Crippen molar-refractivity contribution in [1.82, 2.24) is 25.0 Å². The number of nitriles is 1. The molecule has 8 heteroatoms. The van der Waals surface area contributed by atoms with Gasteiger partial charge in [0.2, 0.25) is 0 Å². The molecule has 3 aromatic heterocycles. The van der Waals surface area contributed by atoms with Crippen molar-refractivity contribution in [3.05, 3.63) is 102 Å². The largest absolute Gasteiger partial charge is 0.292 e. The van der Waals surface area contributed by atoms with Crippen molar-refractivity contribution in [3.63, 3.8) is 0 Å². The molecule has 33 heavy (non-hydrogen) atoms. The Kier molecular flexibility index (Phi) is 5.21. The van der Waals surface area contributed by atoms with Gasteiger partial charge in [0.15, 0.2) is 5.78 Å². The minimum atomic E-state index is -0.446. The Balaban J connectivity index is 1.35. The number of nitrogens with zero attached hydrogens (tertiary/aromatic N) is 5. The minimum absolute atomic E-state index is 0.0875. The normalized spacial score (nSPS) is 10.9. The molecular formula is C25H17FN6O. The summed E-state index contributed by atoms with van der Waals surface area (Å²) in [5, 5.41) is 20.8. The fourth-order valence-electron chi connectivity index (χ4n) is 3.77. The molecule has 3 heterocycles. The Morgan fingerprint density at radius 1 is 1.12 bits per heavy atom. The molecule has 5 aromatic rings. The number of pyridine rings is 1. The monoisotopic (exact) mass is 436 g/mol. The van der Waals surface area contributed by atoms with Crippen molar-refractivity contribution in [1.29, 1.82) is 5.26 Å². The molecule has 0 aliphatic heterocycles. The molecule has 0 amide bonds. The van der Waals surface area contributed by atoms with Crippen molar-refractivity contribution in [2.45, 2.75) is 13.0 Å². The fraction of sp³-hybridized carbons (Fsp3) is 0.0800. The number of Topliss-reactive ketones (excluding diaryl/α,β-unsaturated/α-hetero) is 1. The summed E-state index contributed by atoms with van der Waals surface area (Å²) < 4.78 is 16.5. The quantitative estimate of drug-likeness (QED) is 0.400. The molecule has 0 atom stereocenters. The van der Waals surface area contributed by atoms with E-state index in [-0.39, 0.29) is 17.9 Å². The molecule has 0 saturated carbocycles. The summed E-state index contributed by atoms with van der Waals surface area (Å²) in [7, 11) is 0. The molecule has 5 rings (SSSR count). The highest BCUT2D eigenvalue weighted by Crippen LogP contribution is 2.28. The number of ketones is 1. The number of rotatable bonds is 6. The van der Waals surface area contributed by atoms with Crippen LogP contribution in [-0.4, -0.2) is 30.7 Å². The van der Waals surface area contributed by atoms with Crippen molar-refractivity contribution < 1.29 is 9.18 Å². The van der Waals surface area contributed by atoms with Crippen molar-refractivity contribution >= 4 is 16.7 Å². The molecule has 0 saturated heterocycles. The van der Waals surface area contributed by atoms with E-state index in [9.17, 15) is 9.18 Å². The molecule has 0 aliphatic carbocycles. The third kappa shape index (κ3) is 4.12. The number of carbonyl (C=O) groups is 1. The number of H-pyrrole nitrogens is 1. The first-order valence-electron chi connectivity index (χ1n) is 10.2. The Morgan fingerprint density at radius 2 is 2.03 bits per heavy atom. The number of aromatic nitrogens is 5. The molecule has 0 unspecified atom stereocenters. The number of hydrogen-bond donors (Lipinski definition) is 1. The van der Waals surface area contributed by atoms with E-state index in [1.54, 1.807) is 59.8 Å². The molecule has 0 radical (unpaired) electrons. The number of benzene rings is 2. The highest BCUT2D eigenvalue weighted by Gasteiger charge is 2.18. The van der Waals surface area contributed by atoms with E-state index in [1.807, 2.05) is 12.1 Å². The standard InChI is InChI=1S/C25H17FN6O/c26-22-9-21-23(10-20(22)19-5-2-6-28-13-19)30-31-25(21)24(33)8-18-12-29-32(15-18)14-17-4-1-3-16(7-17)11-27/h1-7,9-10,12-13,15H,8,14H2,(H,30,31). The van der Waals surface area contributed by atoms with Crippen LogP contribution in [0.1, 0.15) is 27.2 Å². The zero-order valence-electron chi connectivity index (χ0n) is 17.4. The molecule has 0 bridgehead atoms. The highest BCUT2D eigenvalue weighted by atomic mass is 19.1. The summed E-state index contributed by atoms with van der Waals surface area (Å²) in [6, 6.07) is 15.9. The Labute approximate surface area is 188 Å². The predicted octanol–water partition coefficient (Wildman–Crippen LogP) is 4.31. The SMILES string of the molecule is N#Cc1cccc(Cn2cc(CC(=O)c3n[nH]c4cc(-c5cccnc5)c(F)cc34)cn2)c1. The first-order chi connectivity index (χ1) is 16.1. The van der Waals surface area contributed by atoms with Gasteiger partial charge in [0.25, 0.3) is 0 Å². The van der Waals surface area contributed by atoms with Gasteiger partial charge in [0.05, 0.1) is 29.9 Å². The molecule has 160 valence electrons. The van der Waals surface area contributed by atoms with E-state index < -0.39 is 5.82 Å². The van der Waals surface area contributed by atoms with Crippen molar-refractivity contribution in [3.8, 4) is 17.2 Å². The van der Waals surface area contributed by atoms with Crippen LogP contribution in [0.5, 0.6) is 0 Å². The first-order valence-corrected chi connectivity index (χ1v) is 10.2. The van der Waals surface area contributed by atoms with Crippen LogP contribution in [0.3, 0.4) is 0 Å². The summed E-state index contributed by atoms with van der Waals surface area (Å²) >= 11 is 0. The lowest BCUT2D eigenvalue weighted by Gasteiger charge is -2.04. The number of aromatic amines is 1. The van der Waals surface area contributed by atoms with Gasteiger partial charge in [-0.1, -0.05) is 18.2 Å². The van der Waals surface area contributed by atoms with Gasteiger partial charge in [0, 0.05) is 41.5 Å². The lowest BCUT2D eigenvalue weighted by Crippen LogP contribution is -2.04. The summed E-state index contributed by atoms with van der Waals surface area (Å²) in [5.74, 6) is -0.681. The van der Waals surface area contributed by atoms with Crippen LogP contribution in [0.4, 0.5) is 4.39 Å². The zero-order valence-corrected chi connectivity index (χ0v) is 17.4. The number of nitrogens with one attached hydrogen (secondary N) is 1. The minimum Gasteiger partial charge on any atom is -0.292 e. The van der Waals surface area contributed by atoms with Crippen LogP contribution in [0.15, 0.2) is 73.3 Å². The second-order valence-electron chi connectivity index (χ2n) is 7.65.